The van der Waals surface area contributed by atoms with Gasteiger partial charge in [0.05, 0.1) is 54.6 Å². The summed E-state index contributed by atoms with van der Waals surface area (Å²) in [5.41, 5.74) is 1.04. The highest BCUT2D eigenvalue weighted by Crippen LogP contribution is 2.35. The van der Waals surface area contributed by atoms with Crippen molar-refractivity contribution in [1.82, 2.24) is 14.7 Å². The summed E-state index contributed by atoms with van der Waals surface area (Å²) in [6.45, 7) is 4.09. The maximum Gasteiger partial charge on any atom is 0.407 e. The lowest BCUT2D eigenvalue weighted by atomic mass is 10.1. The summed E-state index contributed by atoms with van der Waals surface area (Å²) in [6.07, 6.45) is 0.0519. The van der Waals surface area contributed by atoms with Gasteiger partial charge in [0.2, 0.25) is 10.0 Å². The van der Waals surface area contributed by atoms with E-state index in [1.165, 1.54) is 22.5 Å². The molecule has 0 aromatic carbocycles. The van der Waals surface area contributed by atoms with Crippen molar-refractivity contribution in [2.24, 2.45) is 0 Å². The van der Waals surface area contributed by atoms with Gasteiger partial charge in [-0.15, -0.1) is 0 Å². The van der Waals surface area contributed by atoms with Crippen molar-refractivity contribution in [2.75, 3.05) is 17.2 Å². The number of aromatic nitrogens is 2. The first-order chi connectivity index (χ1) is 10.8. The number of nitrogens with zero attached hydrogens (tertiary/aromatic N) is 4. The van der Waals surface area contributed by atoms with E-state index < -0.39 is 22.2 Å². The zero-order valence-electron chi connectivity index (χ0n) is 13.2. The number of hydrogen-bond acceptors (Lipinski definition) is 5. The van der Waals surface area contributed by atoms with Crippen molar-refractivity contribution in [2.45, 2.75) is 45.1 Å². The lowest BCUT2D eigenvalue weighted by Gasteiger charge is -2.33. The third-order valence-electron chi connectivity index (χ3n) is 4.58. The zero-order chi connectivity index (χ0) is 16.9. The van der Waals surface area contributed by atoms with E-state index >= 15 is 0 Å². The number of rotatable bonds is 2. The number of ether oxygens (including phenoxy) is 1. The van der Waals surface area contributed by atoms with Crippen LogP contribution in [0.4, 0.5) is 10.5 Å². The minimum atomic E-state index is -3.52. The molecule has 2 aliphatic rings. The second-order valence-electron chi connectivity index (χ2n) is 6.01. The van der Waals surface area contributed by atoms with Crippen molar-refractivity contribution in [1.29, 1.82) is 0 Å². The Bertz CT molecular complexity index is 731. The highest BCUT2D eigenvalue weighted by atomic mass is 32.2. The lowest BCUT2D eigenvalue weighted by Crippen LogP contribution is -2.45. The third-order valence-corrected chi connectivity index (χ3v) is 6.46. The Kier molecular flexibility index (Phi) is 3.75. The van der Waals surface area contributed by atoms with E-state index in [9.17, 15) is 18.3 Å². The van der Waals surface area contributed by atoms with E-state index in [0.29, 0.717) is 17.9 Å². The van der Waals surface area contributed by atoms with Gasteiger partial charge in [0.1, 0.15) is 0 Å². The van der Waals surface area contributed by atoms with Crippen molar-refractivity contribution in [3.05, 3.63) is 11.9 Å². The Morgan fingerprint density at radius 2 is 2.13 bits per heavy atom. The predicted molar refractivity (Wildman–Crippen MR) is 81.8 cm³/mol. The van der Waals surface area contributed by atoms with Gasteiger partial charge in [-0.05, 0) is 13.8 Å². The average molecular weight is 344 g/mol. The third kappa shape index (κ3) is 2.45. The van der Waals surface area contributed by atoms with Crippen molar-refractivity contribution < 1.29 is 23.1 Å². The largest absolute Gasteiger partial charge is 0.465 e. The molecule has 0 bridgehead atoms. The van der Waals surface area contributed by atoms with Crippen LogP contribution >= 0.6 is 0 Å². The Labute approximate surface area is 134 Å². The lowest BCUT2D eigenvalue weighted by molar-refractivity contribution is 0.105. The summed E-state index contributed by atoms with van der Waals surface area (Å²) in [5.74, 6) is -0.0890. The molecular weight excluding hydrogens is 324 g/mol. The molecule has 0 saturated carbocycles. The second kappa shape index (κ2) is 5.38. The number of hydrogen-bond donors (Lipinski definition) is 1. The van der Waals surface area contributed by atoms with Crippen LogP contribution in [-0.4, -0.2) is 65.3 Å². The molecule has 9 nitrogen and oxygen atoms in total. The first-order valence-corrected chi connectivity index (χ1v) is 8.96. The highest BCUT2D eigenvalue weighted by Gasteiger charge is 2.45. The van der Waals surface area contributed by atoms with Crippen LogP contribution in [0, 0.1) is 0 Å². The summed E-state index contributed by atoms with van der Waals surface area (Å²) in [6, 6.07) is -0.580. The van der Waals surface area contributed by atoms with E-state index in [-0.39, 0.29) is 24.4 Å². The molecule has 3 heterocycles. The van der Waals surface area contributed by atoms with Crippen LogP contribution in [0.5, 0.6) is 0 Å². The molecule has 3 rings (SSSR count). The summed E-state index contributed by atoms with van der Waals surface area (Å²) in [5, 5.41) is 13.6. The first-order valence-electron chi connectivity index (χ1n) is 7.35. The van der Waals surface area contributed by atoms with Crippen LogP contribution in [0.3, 0.4) is 0 Å². The molecule has 1 saturated heterocycles. The van der Waals surface area contributed by atoms with Gasteiger partial charge in [-0.3, -0.25) is 13.9 Å². The Hall–Kier alpha value is -1.81. The number of carbonyl (C=O) groups is 1. The molecule has 0 radical (unpaired) electrons. The van der Waals surface area contributed by atoms with Crippen molar-refractivity contribution >= 4 is 21.8 Å². The summed E-state index contributed by atoms with van der Waals surface area (Å²) in [7, 11) is -2.03. The van der Waals surface area contributed by atoms with Crippen LogP contribution in [0.25, 0.3) is 0 Å². The molecule has 1 fully saturated rings. The van der Waals surface area contributed by atoms with Crippen molar-refractivity contribution in [3.63, 3.8) is 0 Å². The number of carboxylic acid groups (broad SMARTS) is 1. The minimum Gasteiger partial charge on any atom is -0.465 e. The Morgan fingerprint density at radius 3 is 2.70 bits per heavy atom. The number of anilines is 1. The molecule has 2 aliphatic heterocycles. The fourth-order valence-corrected chi connectivity index (χ4v) is 5.38. The van der Waals surface area contributed by atoms with Crippen LogP contribution < -0.4 is 4.31 Å². The Morgan fingerprint density at radius 1 is 1.43 bits per heavy atom. The van der Waals surface area contributed by atoms with E-state index in [2.05, 4.69) is 5.10 Å². The molecule has 0 aliphatic carbocycles. The van der Waals surface area contributed by atoms with Gasteiger partial charge in [-0.2, -0.15) is 5.10 Å². The minimum absolute atomic E-state index is 0.0890. The molecule has 128 valence electrons. The van der Waals surface area contributed by atoms with E-state index in [4.69, 9.17) is 4.74 Å². The number of amides is 1. The number of fused-ring (bicyclic) bond motifs is 1. The summed E-state index contributed by atoms with van der Waals surface area (Å²) < 4.78 is 33.2. The molecule has 23 heavy (non-hydrogen) atoms. The Balaban J connectivity index is 2.02. The monoisotopic (exact) mass is 344 g/mol. The van der Waals surface area contributed by atoms with Gasteiger partial charge >= 0.3 is 6.09 Å². The molecular formula is C13H20N4O5S. The number of sulfonamides is 1. The van der Waals surface area contributed by atoms with Crippen LogP contribution in [0.1, 0.15) is 19.5 Å². The van der Waals surface area contributed by atoms with Crippen molar-refractivity contribution in [3.8, 4) is 0 Å². The van der Waals surface area contributed by atoms with Crippen LogP contribution in [-0.2, 0) is 27.8 Å². The molecule has 2 unspecified atom stereocenters. The quantitative estimate of drug-likeness (QED) is 0.828. The van der Waals surface area contributed by atoms with Gasteiger partial charge in [0.25, 0.3) is 0 Å². The zero-order valence-corrected chi connectivity index (χ0v) is 14.0. The smallest absolute Gasteiger partial charge is 0.407 e. The standard InChI is InChI=1S/C13H20N4O5S/c1-8-5-16-11(6-15(8)13(18)19)10(4-14-16)17-9(2)12(22-3)7-23(17,20)21/h4,8-9,12H,5-7H2,1-3H3,(H,18,19)/t8-,9?,12?/m0/s1. The average Bonchev–Trinajstić information content (AvgIpc) is 2.95. The van der Waals surface area contributed by atoms with Crippen LogP contribution in [0.2, 0.25) is 0 Å². The maximum atomic E-state index is 12.5. The number of methoxy groups -OCH3 is 1. The van der Waals surface area contributed by atoms with Gasteiger partial charge < -0.3 is 9.84 Å². The SMILES string of the molecule is COC1CS(=O)(=O)N(c2cnn3c2CN(C(=O)O)[C@@H](C)C3)C1C. The molecule has 1 aromatic rings. The normalized spacial score (nSPS) is 29.6. The fourth-order valence-electron chi connectivity index (χ4n) is 3.29. The fraction of sp³-hybridized carbons (Fsp3) is 0.692. The molecule has 0 spiro atoms. The summed E-state index contributed by atoms with van der Waals surface area (Å²) in [4.78, 5) is 12.7. The van der Waals surface area contributed by atoms with Gasteiger partial charge in [-0.25, -0.2) is 13.2 Å². The van der Waals surface area contributed by atoms with Gasteiger partial charge in [-0.1, -0.05) is 0 Å². The maximum absolute atomic E-state index is 12.5. The summed E-state index contributed by atoms with van der Waals surface area (Å²) >= 11 is 0. The highest BCUT2D eigenvalue weighted by molar-refractivity contribution is 7.93. The molecule has 1 amide bonds. The second-order valence-corrected chi connectivity index (χ2v) is 7.90. The van der Waals surface area contributed by atoms with Crippen LogP contribution in [0.15, 0.2) is 6.20 Å². The first kappa shape index (κ1) is 16.1. The van der Waals surface area contributed by atoms with Gasteiger partial charge in [0, 0.05) is 7.11 Å². The molecule has 1 aromatic heterocycles. The molecule has 1 N–H and O–H groups in total. The van der Waals surface area contributed by atoms with Gasteiger partial charge in [0.15, 0.2) is 0 Å². The van der Waals surface area contributed by atoms with E-state index in [0.717, 1.165) is 0 Å². The topological polar surface area (TPSA) is 105 Å². The van der Waals surface area contributed by atoms with E-state index in [1.807, 2.05) is 0 Å². The van der Waals surface area contributed by atoms with E-state index in [1.54, 1.807) is 18.5 Å². The molecule has 10 heteroatoms. The molecule has 3 atom stereocenters. The predicted octanol–water partition coefficient (Wildman–Crippen LogP) is 0.319.